The molecule has 1 fully saturated rings. The van der Waals surface area contributed by atoms with Crippen molar-refractivity contribution in [3.8, 4) is 0 Å². The quantitative estimate of drug-likeness (QED) is 0.603. The van der Waals surface area contributed by atoms with Crippen LogP contribution in [0, 0.1) is 10.1 Å². The van der Waals surface area contributed by atoms with Crippen molar-refractivity contribution in [3.63, 3.8) is 0 Å². The lowest BCUT2D eigenvalue weighted by molar-refractivity contribution is -0.384. The normalized spacial score (nSPS) is 14.2. The van der Waals surface area contributed by atoms with Crippen LogP contribution in [0.1, 0.15) is 10.4 Å². The fourth-order valence-electron chi connectivity index (χ4n) is 2.73. The first-order valence-corrected chi connectivity index (χ1v) is 8.65. The molecule has 2 aromatic rings. The van der Waals surface area contributed by atoms with Crippen LogP contribution in [0.2, 0.25) is 0 Å². The lowest BCUT2D eigenvalue weighted by Crippen LogP contribution is -2.43. The SMILES string of the molecule is O=C(Nc1ccc(N2CCNCC2)c([N+](=O)[O-])c1)c1ccc(Br)cc1. The fourth-order valence-corrected chi connectivity index (χ4v) is 2.99. The van der Waals surface area contributed by atoms with E-state index in [0.29, 0.717) is 30.0 Å². The number of carbonyl (C=O) groups is 1. The van der Waals surface area contributed by atoms with Gasteiger partial charge in [-0.05, 0) is 36.4 Å². The molecular weight excluding hydrogens is 388 g/mol. The molecule has 0 unspecified atom stereocenters. The van der Waals surface area contributed by atoms with Gasteiger partial charge in [0.1, 0.15) is 5.69 Å². The van der Waals surface area contributed by atoms with Gasteiger partial charge in [0.25, 0.3) is 11.6 Å². The minimum Gasteiger partial charge on any atom is -0.363 e. The maximum atomic E-state index is 12.3. The third kappa shape index (κ3) is 4.15. The van der Waals surface area contributed by atoms with Crippen molar-refractivity contribution in [3.05, 3.63) is 62.6 Å². The highest BCUT2D eigenvalue weighted by atomic mass is 79.9. The van der Waals surface area contributed by atoms with Crippen LogP contribution < -0.4 is 15.5 Å². The molecule has 8 heteroatoms. The number of anilines is 2. The Kier molecular flexibility index (Phi) is 5.30. The Labute approximate surface area is 153 Å². The first-order chi connectivity index (χ1) is 12.0. The Hall–Kier alpha value is -2.45. The average Bonchev–Trinajstić information content (AvgIpc) is 2.63. The van der Waals surface area contributed by atoms with Gasteiger partial charge in [0.2, 0.25) is 0 Å². The van der Waals surface area contributed by atoms with Gasteiger partial charge < -0.3 is 15.5 Å². The molecule has 0 radical (unpaired) electrons. The molecule has 25 heavy (non-hydrogen) atoms. The second-order valence-electron chi connectivity index (χ2n) is 5.66. The third-order valence-electron chi connectivity index (χ3n) is 3.99. The maximum Gasteiger partial charge on any atom is 0.294 e. The lowest BCUT2D eigenvalue weighted by atomic mass is 10.1. The van der Waals surface area contributed by atoms with Gasteiger partial charge in [-0.25, -0.2) is 0 Å². The van der Waals surface area contributed by atoms with E-state index in [4.69, 9.17) is 0 Å². The zero-order chi connectivity index (χ0) is 17.8. The number of hydrogen-bond acceptors (Lipinski definition) is 5. The smallest absolute Gasteiger partial charge is 0.294 e. The number of hydrogen-bond donors (Lipinski definition) is 2. The molecular formula is C17H17BrN4O3. The van der Waals surface area contributed by atoms with Crippen molar-refractivity contribution >= 4 is 38.9 Å². The van der Waals surface area contributed by atoms with E-state index in [2.05, 4.69) is 26.6 Å². The number of carbonyl (C=O) groups excluding carboxylic acids is 1. The Bertz CT molecular complexity index is 789. The molecule has 2 aromatic carbocycles. The Morgan fingerprint density at radius 2 is 1.84 bits per heavy atom. The minimum atomic E-state index is -0.410. The summed E-state index contributed by atoms with van der Waals surface area (Å²) in [5.41, 5.74) is 1.46. The molecule has 130 valence electrons. The number of amides is 1. The molecule has 0 atom stereocenters. The molecule has 1 saturated heterocycles. The second kappa shape index (κ2) is 7.62. The summed E-state index contributed by atoms with van der Waals surface area (Å²) in [5.74, 6) is -0.309. The molecule has 0 bridgehead atoms. The van der Waals surface area contributed by atoms with Crippen LogP contribution in [0.15, 0.2) is 46.9 Å². The van der Waals surface area contributed by atoms with E-state index in [1.165, 1.54) is 6.07 Å². The molecule has 0 spiro atoms. The predicted molar refractivity (Wildman–Crippen MR) is 100 cm³/mol. The Morgan fingerprint density at radius 1 is 1.16 bits per heavy atom. The summed E-state index contributed by atoms with van der Waals surface area (Å²) in [6, 6.07) is 11.7. The van der Waals surface area contributed by atoms with Gasteiger partial charge in [0.15, 0.2) is 0 Å². The lowest BCUT2D eigenvalue weighted by Gasteiger charge is -2.29. The molecule has 1 amide bonds. The molecule has 1 heterocycles. The summed E-state index contributed by atoms with van der Waals surface area (Å²) in [6.07, 6.45) is 0. The van der Waals surface area contributed by atoms with Crippen molar-refractivity contribution in [2.75, 3.05) is 36.4 Å². The largest absolute Gasteiger partial charge is 0.363 e. The Morgan fingerprint density at radius 3 is 2.48 bits per heavy atom. The highest BCUT2D eigenvalue weighted by molar-refractivity contribution is 9.10. The van der Waals surface area contributed by atoms with Crippen molar-refractivity contribution in [2.45, 2.75) is 0 Å². The van der Waals surface area contributed by atoms with Gasteiger partial charge in [0, 0.05) is 48.0 Å². The van der Waals surface area contributed by atoms with Crippen molar-refractivity contribution in [1.29, 1.82) is 0 Å². The molecule has 0 saturated carbocycles. The molecule has 1 aliphatic heterocycles. The van der Waals surface area contributed by atoms with E-state index in [-0.39, 0.29) is 11.6 Å². The first kappa shape index (κ1) is 17.4. The number of piperazine rings is 1. The van der Waals surface area contributed by atoms with E-state index in [1.807, 2.05) is 4.90 Å². The van der Waals surface area contributed by atoms with E-state index >= 15 is 0 Å². The zero-order valence-electron chi connectivity index (χ0n) is 13.4. The highest BCUT2D eigenvalue weighted by Gasteiger charge is 2.22. The summed E-state index contributed by atoms with van der Waals surface area (Å²) < 4.78 is 0.875. The van der Waals surface area contributed by atoms with Crippen LogP contribution in [0.4, 0.5) is 17.1 Å². The molecule has 2 N–H and O–H groups in total. The second-order valence-corrected chi connectivity index (χ2v) is 6.57. The standard InChI is InChI=1S/C17H17BrN4O3/c18-13-3-1-12(2-4-13)17(23)20-14-5-6-15(16(11-14)22(24)25)21-9-7-19-8-10-21/h1-6,11,19H,7-10H2,(H,20,23). The van der Waals surface area contributed by atoms with Crippen LogP contribution in [0.3, 0.4) is 0 Å². The highest BCUT2D eigenvalue weighted by Crippen LogP contribution is 2.31. The molecule has 0 aliphatic carbocycles. The fraction of sp³-hybridized carbons (Fsp3) is 0.235. The van der Waals surface area contributed by atoms with Crippen LogP contribution in [0.25, 0.3) is 0 Å². The van der Waals surface area contributed by atoms with Gasteiger partial charge in [-0.1, -0.05) is 15.9 Å². The Balaban J connectivity index is 1.82. The van der Waals surface area contributed by atoms with Crippen molar-refractivity contribution < 1.29 is 9.72 Å². The summed E-state index contributed by atoms with van der Waals surface area (Å²) in [6.45, 7) is 3.01. The summed E-state index contributed by atoms with van der Waals surface area (Å²) >= 11 is 3.32. The van der Waals surface area contributed by atoms with Crippen molar-refractivity contribution in [2.24, 2.45) is 0 Å². The van der Waals surface area contributed by atoms with Crippen LogP contribution in [-0.2, 0) is 0 Å². The van der Waals surface area contributed by atoms with Crippen LogP contribution in [0.5, 0.6) is 0 Å². The third-order valence-corrected chi connectivity index (χ3v) is 4.52. The van der Waals surface area contributed by atoms with E-state index < -0.39 is 4.92 Å². The van der Waals surface area contributed by atoms with E-state index in [1.54, 1.807) is 36.4 Å². The van der Waals surface area contributed by atoms with E-state index in [0.717, 1.165) is 17.6 Å². The number of rotatable bonds is 4. The van der Waals surface area contributed by atoms with Gasteiger partial charge >= 0.3 is 0 Å². The first-order valence-electron chi connectivity index (χ1n) is 7.85. The monoisotopic (exact) mass is 404 g/mol. The van der Waals surface area contributed by atoms with Crippen molar-refractivity contribution in [1.82, 2.24) is 5.32 Å². The maximum absolute atomic E-state index is 12.3. The number of nitrogens with zero attached hydrogens (tertiary/aromatic N) is 2. The van der Waals surface area contributed by atoms with Gasteiger partial charge in [-0.15, -0.1) is 0 Å². The number of nitro benzene ring substituents is 1. The summed E-state index contributed by atoms with van der Waals surface area (Å²) in [7, 11) is 0. The number of halogens is 1. The number of nitrogens with one attached hydrogen (secondary N) is 2. The molecule has 0 aromatic heterocycles. The van der Waals surface area contributed by atoms with Gasteiger partial charge in [-0.2, -0.15) is 0 Å². The molecule has 3 rings (SSSR count). The summed E-state index contributed by atoms with van der Waals surface area (Å²) in [5, 5.41) is 17.4. The van der Waals surface area contributed by atoms with E-state index in [9.17, 15) is 14.9 Å². The van der Waals surface area contributed by atoms with Crippen LogP contribution >= 0.6 is 15.9 Å². The van der Waals surface area contributed by atoms with Gasteiger partial charge in [0.05, 0.1) is 4.92 Å². The average molecular weight is 405 g/mol. The van der Waals surface area contributed by atoms with Gasteiger partial charge in [-0.3, -0.25) is 14.9 Å². The summed E-state index contributed by atoms with van der Waals surface area (Å²) in [4.78, 5) is 25.3. The number of benzene rings is 2. The number of nitro groups is 1. The van der Waals surface area contributed by atoms with Crippen LogP contribution in [-0.4, -0.2) is 37.0 Å². The topological polar surface area (TPSA) is 87.5 Å². The predicted octanol–water partition coefficient (Wildman–Crippen LogP) is 3.02. The molecule has 7 nitrogen and oxygen atoms in total. The molecule has 1 aliphatic rings. The minimum absolute atomic E-state index is 0.00416. The zero-order valence-corrected chi connectivity index (χ0v) is 15.0.